The Morgan fingerprint density at radius 3 is 1.92 bits per heavy atom. The summed E-state index contributed by atoms with van der Waals surface area (Å²) in [4.78, 5) is 6.43. The first-order valence-electron chi connectivity index (χ1n) is 11.1. The minimum absolute atomic E-state index is 0.655. The normalized spacial score (nSPS) is 19.5. The average molecular weight is 374 g/mol. The van der Waals surface area contributed by atoms with Gasteiger partial charge in [0.05, 0.1) is 5.69 Å². The van der Waals surface area contributed by atoms with Crippen LogP contribution in [-0.4, -0.2) is 10.7 Å². The molecule has 0 N–H and O–H groups in total. The smallest absolute Gasteiger partial charge is 0.0765 e. The molecule has 1 fully saturated rings. The zero-order valence-corrected chi connectivity index (χ0v) is 18.0. The Kier molecular flexibility index (Phi) is 11.1. The number of allylic oxidation sites excluding steroid dienone is 1. The SMILES string of the molecule is C/C=C/c1nc(C2CCCCCCCCCCCCC2)ccc1SCC. The molecule has 26 heavy (non-hydrogen) atoms. The van der Waals surface area contributed by atoms with E-state index in [4.69, 9.17) is 4.98 Å². The zero-order chi connectivity index (χ0) is 18.5. The van der Waals surface area contributed by atoms with Crippen LogP contribution in [0, 0.1) is 0 Å². The number of nitrogens with zero attached hydrogens (tertiary/aromatic N) is 1. The molecule has 2 heteroatoms. The van der Waals surface area contributed by atoms with Gasteiger partial charge in [-0.3, -0.25) is 4.98 Å². The van der Waals surface area contributed by atoms with E-state index in [0.29, 0.717) is 5.92 Å². The van der Waals surface area contributed by atoms with Crippen LogP contribution in [0.4, 0.5) is 0 Å². The molecule has 0 aliphatic heterocycles. The zero-order valence-electron chi connectivity index (χ0n) is 17.1. The lowest BCUT2D eigenvalue weighted by molar-refractivity contribution is 0.465. The van der Waals surface area contributed by atoms with Crippen LogP contribution >= 0.6 is 11.8 Å². The molecule has 1 nitrogen and oxygen atoms in total. The van der Waals surface area contributed by atoms with E-state index in [1.54, 1.807) is 0 Å². The summed E-state index contributed by atoms with van der Waals surface area (Å²) < 4.78 is 0. The fourth-order valence-electron chi connectivity index (χ4n) is 4.07. The van der Waals surface area contributed by atoms with Gasteiger partial charge >= 0.3 is 0 Å². The lowest BCUT2D eigenvalue weighted by Crippen LogP contribution is -2.04. The Morgan fingerprint density at radius 1 is 0.885 bits per heavy atom. The summed E-state index contributed by atoms with van der Waals surface area (Å²) >= 11 is 1.91. The summed E-state index contributed by atoms with van der Waals surface area (Å²) in [6.07, 6.45) is 22.6. The molecule has 0 bridgehead atoms. The maximum atomic E-state index is 5.10. The van der Waals surface area contributed by atoms with E-state index in [1.807, 2.05) is 11.8 Å². The predicted molar refractivity (Wildman–Crippen MR) is 118 cm³/mol. The van der Waals surface area contributed by atoms with Gasteiger partial charge in [0.1, 0.15) is 0 Å². The molecule has 1 aromatic heterocycles. The quantitative estimate of drug-likeness (QED) is 0.491. The van der Waals surface area contributed by atoms with E-state index in [0.717, 1.165) is 5.75 Å². The molecule has 146 valence electrons. The van der Waals surface area contributed by atoms with Crippen molar-refractivity contribution in [2.75, 3.05) is 5.75 Å². The second-order valence-electron chi connectivity index (χ2n) is 7.72. The molecular weight excluding hydrogens is 334 g/mol. The lowest BCUT2D eigenvalue weighted by atomic mass is 9.90. The number of hydrogen-bond acceptors (Lipinski definition) is 2. The van der Waals surface area contributed by atoms with Gasteiger partial charge in [0.25, 0.3) is 0 Å². The minimum atomic E-state index is 0.655. The molecule has 1 aromatic rings. The Morgan fingerprint density at radius 2 is 1.42 bits per heavy atom. The van der Waals surface area contributed by atoms with Gasteiger partial charge in [-0.05, 0) is 43.7 Å². The van der Waals surface area contributed by atoms with E-state index >= 15 is 0 Å². The standard InChI is InChI=1S/C24H39NS/c1-3-16-23-24(26-4-2)20-19-22(25-23)21-17-14-12-10-8-6-5-7-9-11-13-15-18-21/h3,16,19-21H,4-15,17-18H2,1-2H3/b16-3+. The van der Waals surface area contributed by atoms with Crippen molar-refractivity contribution in [1.29, 1.82) is 0 Å². The molecular formula is C24H39NS. The van der Waals surface area contributed by atoms with Gasteiger partial charge in [-0.15, -0.1) is 11.8 Å². The third kappa shape index (κ3) is 7.86. The Hall–Kier alpha value is -0.760. The van der Waals surface area contributed by atoms with Crippen LogP contribution in [0.1, 0.15) is 115 Å². The van der Waals surface area contributed by atoms with Gasteiger partial charge in [-0.2, -0.15) is 0 Å². The third-order valence-electron chi connectivity index (χ3n) is 5.56. The molecule has 1 aliphatic rings. The average Bonchev–Trinajstić information content (AvgIpc) is 2.65. The Balaban J connectivity index is 2.06. The molecule has 1 aliphatic carbocycles. The van der Waals surface area contributed by atoms with E-state index < -0.39 is 0 Å². The van der Waals surface area contributed by atoms with Gasteiger partial charge in [-0.25, -0.2) is 0 Å². The molecule has 1 heterocycles. The highest BCUT2D eigenvalue weighted by molar-refractivity contribution is 7.99. The lowest BCUT2D eigenvalue weighted by Gasteiger charge is -2.18. The Bertz CT molecular complexity index is 509. The number of aromatic nitrogens is 1. The fourth-order valence-corrected chi connectivity index (χ4v) is 4.81. The van der Waals surface area contributed by atoms with Crippen LogP contribution < -0.4 is 0 Å². The summed E-state index contributed by atoms with van der Waals surface area (Å²) in [5.41, 5.74) is 2.52. The van der Waals surface area contributed by atoms with Crippen molar-refractivity contribution in [3.63, 3.8) is 0 Å². The first-order chi connectivity index (χ1) is 12.8. The number of rotatable bonds is 4. The van der Waals surface area contributed by atoms with Crippen LogP contribution in [-0.2, 0) is 0 Å². The molecule has 1 saturated carbocycles. The molecule has 0 radical (unpaired) electrons. The van der Waals surface area contributed by atoms with E-state index in [-0.39, 0.29) is 0 Å². The molecule has 0 spiro atoms. The third-order valence-corrected chi connectivity index (χ3v) is 6.50. The maximum absolute atomic E-state index is 5.10. The summed E-state index contributed by atoms with van der Waals surface area (Å²) in [5.74, 6) is 1.76. The molecule has 0 atom stereocenters. The van der Waals surface area contributed by atoms with Crippen LogP contribution in [0.3, 0.4) is 0 Å². The van der Waals surface area contributed by atoms with Gasteiger partial charge in [0.2, 0.25) is 0 Å². The second kappa shape index (κ2) is 13.4. The van der Waals surface area contributed by atoms with Crippen LogP contribution in [0.2, 0.25) is 0 Å². The molecule has 2 rings (SSSR count). The largest absolute Gasteiger partial charge is 0.252 e. The molecule has 0 amide bonds. The predicted octanol–water partition coefficient (Wildman–Crippen LogP) is 8.40. The van der Waals surface area contributed by atoms with Crippen molar-refractivity contribution in [2.45, 2.75) is 108 Å². The van der Waals surface area contributed by atoms with Crippen LogP contribution in [0.5, 0.6) is 0 Å². The highest BCUT2D eigenvalue weighted by atomic mass is 32.2. The molecule has 0 saturated heterocycles. The van der Waals surface area contributed by atoms with Crippen molar-refractivity contribution in [3.05, 3.63) is 29.6 Å². The van der Waals surface area contributed by atoms with E-state index in [2.05, 4.69) is 38.1 Å². The summed E-state index contributed by atoms with van der Waals surface area (Å²) in [6.45, 7) is 4.31. The number of thioether (sulfide) groups is 1. The summed E-state index contributed by atoms with van der Waals surface area (Å²) in [7, 11) is 0. The highest BCUT2D eigenvalue weighted by Crippen LogP contribution is 2.31. The fraction of sp³-hybridized carbons (Fsp3) is 0.708. The first-order valence-corrected chi connectivity index (χ1v) is 12.1. The summed E-state index contributed by atoms with van der Waals surface area (Å²) in [5, 5.41) is 0. The van der Waals surface area contributed by atoms with Gasteiger partial charge in [0, 0.05) is 16.5 Å². The molecule has 0 unspecified atom stereocenters. The van der Waals surface area contributed by atoms with Gasteiger partial charge < -0.3 is 0 Å². The van der Waals surface area contributed by atoms with Crippen molar-refractivity contribution < 1.29 is 0 Å². The van der Waals surface area contributed by atoms with E-state index in [9.17, 15) is 0 Å². The van der Waals surface area contributed by atoms with Gasteiger partial charge in [0.15, 0.2) is 0 Å². The van der Waals surface area contributed by atoms with E-state index in [1.165, 1.54) is 99.8 Å². The van der Waals surface area contributed by atoms with Crippen molar-refractivity contribution in [1.82, 2.24) is 4.98 Å². The van der Waals surface area contributed by atoms with Crippen LogP contribution in [0.25, 0.3) is 6.08 Å². The van der Waals surface area contributed by atoms with Gasteiger partial charge in [-0.1, -0.05) is 83.6 Å². The first kappa shape index (κ1) is 21.5. The second-order valence-corrected chi connectivity index (χ2v) is 9.02. The number of pyridine rings is 1. The van der Waals surface area contributed by atoms with Crippen molar-refractivity contribution in [2.24, 2.45) is 0 Å². The highest BCUT2D eigenvalue weighted by Gasteiger charge is 2.15. The monoisotopic (exact) mass is 373 g/mol. The molecule has 0 aromatic carbocycles. The van der Waals surface area contributed by atoms with Crippen LogP contribution in [0.15, 0.2) is 23.1 Å². The van der Waals surface area contributed by atoms with Crippen molar-refractivity contribution >= 4 is 17.8 Å². The summed E-state index contributed by atoms with van der Waals surface area (Å²) in [6, 6.07) is 4.63. The maximum Gasteiger partial charge on any atom is 0.0765 e. The van der Waals surface area contributed by atoms with Crippen molar-refractivity contribution in [3.8, 4) is 0 Å². The number of hydrogen-bond donors (Lipinski definition) is 0. The minimum Gasteiger partial charge on any atom is -0.252 e. The Labute approximate surface area is 166 Å². The topological polar surface area (TPSA) is 12.9 Å².